The van der Waals surface area contributed by atoms with E-state index >= 15 is 0 Å². The number of anilines is 2. The molecule has 0 fully saturated rings. The van der Waals surface area contributed by atoms with Gasteiger partial charge in [0, 0.05) is 27.6 Å². The summed E-state index contributed by atoms with van der Waals surface area (Å²) in [6.07, 6.45) is 6.50. The van der Waals surface area contributed by atoms with Crippen molar-refractivity contribution in [1.29, 1.82) is 0 Å². The largest absolute Gasteiger partial charge is 0.478 e. The van der Waals surface area contributed by atoms with Gasteiger partial charge in [0.1, 0.15) is 10.3 Å². The number of hydrogen-bond donors (Lipinski definition) is 3. The van der Waals surface area contributed by atoms with Crippen molar-refractivity contribution in [3.8, 4) is 0 Å². The van der Waals surface area contributed by atoms with Crippen molar-refractivity contribution < 1.29 is 29.0 Å². The molecular formula is C30H30N2O6S2. The minimum atomic E-state index is -1.22. The van der Waals surface area contributed by atoms with Gasteiger partial charge in [-0.3, -0.25) is 9.59 Å². The number of carboxylic acids is 1. The van der Waals surface area contributed by atoms with Crippen molar-refractivity contribution in [2.75, 3.05) is 17.2 Å². The first-order chi connectivity index (χ1) is 19.4. The maximum absolute atomic E-state index is 13.8. The van der Waals surface area contributed by atoms with Crippen LogP contribution in [0.1, 0.15) is 57.8 Å². The second kappa shape index (κ2) is 14.0. The zero-order chi connectivity index (χ0) is 28.5. The number of rotatable bonds is 10. The summed E-state index contributed by atoms with van der Waals surface area (Å²) < 4.78 is 5.37. The van der Waals surface area contributed by atoms with E-state index in [9.17, 15) is 19.2 Å². The Bertz CT molecular complexity index is 1420. The molecule has 1 atom stereocenters. The number of amides is 2. The molecule has 208 valence electrons. The van der Waals surface area contributed by atoms with Crippen molar-refractivity contribution in [2.45, 2.75) is 49.2 Å². The number of thioether (sulfide) groups is 1. The lowest BCUT2D eigenvalue weighted by Crippen LogP contribution is -2.20. The number of benzene rings is 2. The highest BCUT2D eigenvalue weighted by atomic mass is 32.2. The summed E-state index contributed by atoms with van der Waals surface area (Å²) in [5.74, 6) is -2.49. The van der Waals surface area contributed by atoms with Gasteiger partial charge in [0.2, 0.25) is 11.8 Å². The van der Waals surface area contributed by atoms with Crippen LogP contribution in [0.15, 0.2) is 71.6 Å². The van der Waals surface area contributed by atoms with Crippen LogP contribution in [0.5, 0.6) is 0 Å². The number of esters is 1. The predicted octanol–water partition coefficient (Wildman–Crippen LogP) is 6.25. The molecule has 4 rings (SSSR count). The number of ether oxygens (including phenoxy) is 1. The summed E-state index contributed by atoms with van der Waals surface area (Å²) in [7, 11) is 0. The molecule has 1 aromatic heterocycles. The number of carbonyl (C=O) groups is 4. The third-order valence-electron chi connectivity index (χ3n) is 6.21. The lowest BCUT2D eigenvalue weighted by molar-refractivity contribution is -0.131. The van der Waals surface area contributed by atoms with Gasteiger partial charge in [-0.25, -0.2) is 9.59 Å². The van der Waals surface area contributed by atoms with Crippen LogP contribution < -0.4 is 10.6 Å². The van der Waals surface area contributed by atoms with E-state index in [4.69, 9.17) is 9.84 Å². The van der Waals surface area contributed by atoms with Crippen molar-refractivity contribution in [2.24, 2.45) is 0 Å². The lowest BCUT2D eigenvalue weighted by atomic mass is 10.1. The predicted molar refractivity (Wildman–Crippen MR) is 157 cm³/mol. The van der Waals surface area contributed by atoms with Crippen LogP contribution in [0, 0.1) is 0 Å². The Hall–Kier alpha value is -3.89. The number of carboxylic acid groups (broad SMARTS) is 1. The van der Waals surface area contributed by atoms with Gasteiger partial charge in [0.25, 0.3) is 0 Å². The molecule has 0 saturated carbocycles. The highest BCUT2D eigenvalue weighted by Gasteiger charge is 2.29. The average Bonchev–Trinajstić information content (AvgIpc) is 3.11. The molecule has 1 heterocycles. The number of carbonyl (C=O) groups excluding carboxylic acids is 3. The van der Waals surface area contributed by atoms with E-state index in [1.807, 2.05) is 36.4 Å². The molecule has 3 N–H and O–H groups in total. The molecule has 0 spiro atoms. The van der Waals surface area contributed by atoms with Crippen LogP contribution in [0.25, 0.3) is 0 Å². The third kappa shape index (κ3) is 7.61. The summed E-state index contributed by atoms with van der Waals surface area (Å²) in [5, 5.41) is 14.3. The Morgan fingerprint density at radius 3 is 2.52 bits per heavy atom. The highest BCUT2D eigenvalue weighted by Crippen LogP contribution is 2.41. The molecule has 3 aromatic rings. The molecule has 10 heteroatoms. The summed E-state index contributed by atoms with van der Waals surface area (Å²) in [5.41, 5.74) is 2.69. The molecule has 0 radical (unpaired) electrons. The quantitative estimate of drug-likeness (QED) is 0.113. The molecular weight excluding hydrogens is 548 g/mol. The summed E-state index contributed by atoms with van der Waals surface area (Å²) in [6.45, 7) is 2.01. The Balaban J connectivity index is 1.61. The lowest BCUT2D eigenvalue weighted by Gasteiger charge is -2.18. The fourth-order valence-electron chi connectivity index (χ4n) is 4.44. The maximum Gasteiger partial charge on any atom is 0.341 e. The van der Waals surface area contributed by atoms with E-state index in [2.05, 4.69) is 10.6 Å². The molecule has 0 aliphatic heterocycles. The van der Waals surface area contributed by atoms with Crippen LogP contribution >= 0.6 is 23.1 Å². The van der Waals surface area contributed by atoms with Crippen LogP contribution in [0.2, 0.25) is 0 Å². The van der Waals surface area contributed by atoms with E-state index in [0.717, 1.165) is 65.2 Å². The summed E-state index contributed by atoms with van der Waals surface area (Å²) in [4.78, 5) is 51.4. The zero-order valence-corrected chi connectivity index (χ0v) is 23.6. The van der Waals surface area contributed by atoms with Gasteiger partial charge in [-0.05, 0) is 61.9 Å². The number of fused-ring (bicyclic) bond motifs is 1. The van der Waals surface area contributed by atoms with Crippen LogP contribution in [-0.4, -0.2) is 35.5 Å². The maximum atomic E-state index is 13.8. The SMILES string of the molecule is CCOC(=O)c1c(NC(=O)C(Sc2cccc(NC(=O)/C=C/C(=O)O)c2)c2ccccc2)sc2c1CCCCC2. The van der Waals surface area contributed by atoms with Crippen LogP contribution in [0.3, 0.4) is 0 Å². The first kappa shape index (κ1) is 29.1. The van der Waals surface area contributed by atoms with Gasteiger partial charge in [-0.15, -0.1) is 23.1 Å². The van der Waals surface area contributed by atoms with Crippen LogP contribution in [-0.2, 0) is 32.0 Å². The van der Waals surface area contributed by atoms with Gasteiger partial charge < -0.3 is 20.5 Å². The molecule has 1 aliphatic rings. The fraction of sp³-hybridized carbons (Fsp3) is 0.267. The van der Waals surface area contributed by atoms with Crippen molar-refractivity contribution in [1.82, 2.24) is 0 Å². The normalized spacial score (nSPS) is 13.6. The first-order valence-corrected chi connectivity index (χ1v) is 14.7. The minimum absolute atomic E-state index is 0.248. The highest BCUT2D eigenvalue weighted by molar-refractivity contribution is 8.00. The molecule has 2 amide bonds. The number of thiophene rings is 1. The number of aliphatic carboxylic acids is 1. The van der Waals surface area contributed by atoms with E-state index in [1.54, 1.807) is 25.1 Å². The number of nitrogens with one attached hydrogen (secondary N) is 2. The Labute approximate surface area is 240 Å². The second-order valence-electron chi connectivity index (χ2n) is 9.08. The molecule has 2 aromatic carbocycles. The smallest absolute Gasteiger partial charge is 0.341 e. The Morgan fingerprint density at radius 2 is 1.77 bits per heavy atom. The van der Waals surface area contributed by atoms with E-state index in [-0.39, 0.29) is 12.5 Å². The monoisotopic (exact) mass is 578 g/mol. The molecule has 0 bridgehead atoms. The van der Waals surface area contributed by atoms with E-state index in [0.29, 0.717) is 16.3 Å². The summed E-state index contributed by atoms with van der Waals surface area (Å²) >= 11 is 2.76. The van der Waals surface area contributed by atoms with E-state index < -0.39 is 23.1 Å². The Morgan fingerprint density at radius 1 is 1.00 bits per heavy atom. The molecule has 1 unspecified atom stereocenters. The topological polar surface area (TPSA) is 122 Å². The molecule has 40 heavy (non-hydrogen) atoms. The molecule has 0 saturated heterocycles. The molecule has 8 nitrogen and oxygen atoms in total. The standard InChI is InChI=1S/C30H30N2O6S2/c1-2-38-30(37)26-22-14-7-4-8-15-23(22)40-29(26)32-28(36)27(19-10-5-3-6-11-19)39-21-13-9-12-20(18-21)31-24(33)16-17-25(34)35/h3,5-6,9-13,16-18,27H,2,4,7-8,14-15H2,1H3,(H,31,33)(H,32,36)(H,34,35)/b17-16+. The van der Waals surface area contributed by atoms with Crippen molar-refractivity contribution in [3.63, 3.8) is 0 Å². The summed E-state index contributed by atoms with van der Waals surface area (Å²) in [6, 6.07) is 16.3. The van der Waals surface area contributed by atoms with Gasteiger partial charge in [0.15, 0.2) is 0 Å². The van der Waals surface area contributed by atoms with Crippen LogP contribution in [0.4, 0.5) is 10.7 Å². The number of hydrogen-bond acceptors (Lipinski definition) is 7. The average molecular weight is 579 g/mol. The number of aryl methyl sites for hydroxylation is 1. The van der Waals surface area contributed by atoms with Gasteiger partial charge in [0.05, 0.1) is 12.2 Å². The van der Waals surface area contributed by atoms with Crippen molar-refractivity contribution >= 4 is 57.5 Å². The Kier molecular flexibility index (Phi) is 10.2. The van der Waals surface area contributed by atoms with Crippen molar-refractivity contribution in [3.05, 3.63) is 88.3 Å². The zero-order valence-electron chi connectivity index (χ0n) is 22.0. The van der Waals surface area contributed by atoms with Gasteiger partial charge in [-0.1, -0.05) is 42.8 Å². The second-order valence-corrected chi connectivity index (χ2v) is 11.4. The minimum Gasteiger partial charge on any atom is -0.478 e. The van der Waals surface area contributed by atoms with E-state index in [1.165, 1.54) is 23.1 Å². The third-order valence-corrected chi connectivity index (χ3v) is 8.67. The molecule has 1 aliphatic carbocycles. The fourth-order valence-corrected chi connectivity index (χ4v) is 6.81. The first-order valence-electron chi connectivity index (χ1n) is 13.0. The van der Waals surface area contributed by atoms with Gasteiger partial charge >= 0.3 is 11.9 Å². The van der Waals surface area contributed by atoms with Gasteiger partial charge in [-0.2, -0.15) is 0 Å².